The molecule has 2 aromatic heterocycles. The highest BCUT2D eigenvalue weighted by Gasteiger charge is 2.52. The average Bonchev–Trinajstić information content (AvgIpc) is 3.19. The van der Waals surface area contributed by atoms with Crippen molar-refractivity contribution in [1.29, 1.82) is 0 Å². The molecule has 1 amide bonds. The van der Waals surface area contributed by atoms with E-state index in [9.17, 15) is 39.9 Å². The average molecular weight is 601 g/mol. The van der Waals surface area contributed by atoms with Gasteiger partial charge in [0.25, 0.3) is 10.0 Å². The van der Waals surface area contributed by atoms with Gasteiger partial charge in [0.15, 0.2) is 5.15 Å². The van der Waals surface area contributed by atoms with Gasteiger partial charge in [-0.2, -0.15) is 18.3 Å². The lowest BCUT2D eigenvalue weighted by Crippen LogP contribution is -2.60. The number of pyridine rings is 1. The molecular formula is C21H26ClF3N5O6S2-. The third-order valence-electron chi connectivity index (χ3n) is 6.31. The molecule has 0 saturated carbocycles. The molecule has 0 unspecified atom stereocenters. The molecule has 0 spiro atoms. The van der Waals surface area contributed by atoms with Crippen LogP contribution in [0.2, 0.25) is 5.15 Å². The van der Waals surface area contributed by atoms with Crippen molar-refractivity contribution in [2.24, 2.45) is 5.92 Å². The minimum absolute atomic E-state index is 0.0171. The van der Waals surface area contributed by atoms with Gasteiger partial charge in [0.05, 0.1) is 29.0 Å². The summed E-state index contributed by atoms with van der Waals surface area (Å²) in [5, 5.41) is 15.4. The normalized spacial score (nSPS) is 16.8. The highest BCUT2D eigenvalue weighted by Crippen LogP contribution is 2.41. The molecule has 0 N–H and O–H groups in total. The Hall–Kier alpha value is -2.59. The maximum absolute atomic E-state index is 13.7. The van der Waals surface area contributed by atoms with E-state index in [0.717, 1.165) is 16.6 Å². The van der Waals surface area contributed by atoms with E-state index >= 15 is 0 Å². The Kier molecular flexibility index (Phi) is 8.03. The van der Waals surface area contributed by atoms with Gasteiger partial charge in [0.2, 0.25) is 0 Å². The Morgan fingerprint density at radius 2 is 1.87 bits per heavy atom. The van der Waals surface area contributed by atoms with Crippen LogP contribution < -0.4 is 14.3 Å². The minimum atomic E-state index is -5.02. The zero-order chi connectivity index (χ0) is 28.8. The van der Waals surface area contributed by atoms with Crippen molar-refractivity contribution in [3.05, 3.63) is 29.3 Å². The summed E-state index contributed by atoms with van der Waals surface area (Å²) in [5.74, 6) is -1.30. The lowest BCUT2D eigenvalue weighted by molar-refractivity contribution is -0.254. The number of anilines is 2. The van der Waals surface area contributed by atoms with Gasteiger partial charge in [-0.15, -0.1) is 0 Å². The van der Waals surface area contributed by atoms with Crippen molar-refractivity contribution < 1.29 is 39.9 Å². The monoisotopic (exact) mass is 600 g/mol. The van der Waals surface area contributed by atoms with Crippen LogP contribution in [0.1, 0.15) is 33.4 Å². The van der Waals surface area contributed by atoms with E-state index < -0.39 is 54.2 Å². The number of nitrogens with zero attached hydrogens (tertiary/aromatic N) is 5. The number of carboxylic acid groups (broad SMARTS) is 1. The summed E-state index contributed by atoms with van der Waals surface area (Å²) in [5.41, 5.74) is -3.69. The largest absolute Gasteiger partial charge is 0.530 e. The number of sulfonamides is 1. The predicted molar refractivity (Wildman–Crippen MR) is 131 cm³/mol. The number of alkyl halides is 3. The number of halogens is 4. The Morgan fingerprint density at radius 3 is 2.37 bits per heavy atom. The van der Waals surface area contributed by atoms with Gasteiger partial charge in [-0.3, -0.25) is 14.0 Å². The van der Waals surface area contributed by atoms with Crippen LogP contribution in [0.4, 0.5) is 29.3 Å². The molecule has 0 fully saturated rings. The van der Waals surface area contributed by atoms with Crippen molar-refractivity contribution in [2.75, 3.05) is 27.3 Å². The van der Waals surface area contributed by atoms with Gasteiger partial charge >= 0.3 is 6.18 Å². The first-order chi connectivity index (χ1) is 17.4. The number of aromatic nitrogens is 3. The number of hydrogen-bond donors (Lipinski definition) is 0. The molecule has 38 heavy (non-hydrogen) atoms. The molecule has 3 heterocycles. The molecule has 212 valence electrons. The highest BCUT2D eigenvalue weighted by atomic mass is 35.5. The van der Waals surface area contributed by atoms with Crippen LogP contribution in [0.15, 0.2) is 23.4 Å². The molecule has 11 nitrogen and oxygen atoms in total. The minimum Gasteiger partial charge on any atom is -0.530 e. The number of rotatable bonds is 8. The first kappa shape index (κ1) is 30.0. The van der Waals surface area contributed by atoms with Gasteiger partial charge in [-0.25, -0.2) is 16.8 Å². The summed E-state index contributed by atoms with van der Waals surface area (Å²) in [4.78, 5) is 15.4. The molecular weight excluding hydrogens is 575 g/mol. The smallest absolute Gasteiger partial charge is 0.411 e. The number of hydrogen-bond acceptors (Lipinski definition) is 8. The predicted octanol–water partition coefficient (Wildman–Crippen LogP) is 2.24. The van der Waals surface area contributed by atoms with Gasteiger partial charge in [0, 0.05) is 25.0 Å². The highest BCUT2D eigenvalue weighted by molar-refractivity contribution is 7.93. The summed E-state index contributed by atoms with van der Waals surface area (Å²) >= 11 is 6.08. The number of fused-ring (bicyclic) bond motifs is 1. The van der Waals surface area contributed by atoms with Crippen molar-refractivity contribution in [3.8, 4) is 0 Å². The van der Waals surface area contributed by atoms with E-state index in [4.69, 9.17) is 11.6 Å². The second-order valence-corrected chi connectivity index (χ2v) is 13.8. The topological polar surface area (TPSA) is 146 Å². The third-order valence-corrected chi connectivity index (χ3v) is 10.3. The summed E-state index contributed by atoms with van der Waals surface area (Å²) in [6, 6.07) is 0.950. The zero-order valence-electron chi connectivity index (χ0n) is 20.9. The van der Waals surface area contributed by atoms with E-state index in [-0.39, 0.29) is 52.5 Å². The molecule has 1 aliphatic rings. The van der Waals surface area contributed by atoms with E-state index in [1.807, 2.05) is 0 Å². The first-order valence-electron chi connectivity index (χ1n) is 11.4. The van der Waals surface area contributed by atoms with Crippen LogP contribution in [-0.2, 0) is 32.8 Å². The quantitative estimate of drug-likeness (QED) is 0.448. The van der Waals surface area contributed by atoms with Crippen molar-refractivity contribution in [2.45, 2.75) is 57.3 Å². The lowest BCUT2D eigenvalue weighted by Gasteiger charge is -2.42. The van der Waals surface area contributed by atoms with Gasteiger partial charge in [-0.1, -0.05) is 18.5 Å². The van der Waals surface area contributed by atoms with Crippen molar-refractivity contribution >= 4 is 48.9 Å². The van der Waals surface area contributed by atoms with E-state index in [1.165, 1.54) is 17.8 Å². The second kappa shape index (κ2) is 10.2. The number of sulfone groups is 1. The number of carbonyl (C=O) groups excluding carboxylic acids is 1. The standard InChI is InChI=1S/C21H27ClF3N5O6S2/c1-5-28-11-17(18(22)27-28)38(35,36)29-10-13(12-37(33,34)6-2)7-15-16(29)8-14(9-26-15)30(19(31)32)20(3,4)21(23,24)25/h8-9,11,13H,5-7,10,12H2,1-4H3,(H,31,32)/p-1/t13-/m0/s1. The fourth-order valence-corrected chi connectivity index (χ4v) is 7.26. The second-order valence-electron chi connectivity index (χ2n) is 9.26. The van der Waals surface area contributed by atoms with Crippen molar-refractivity contribution in [3.63, 3.8) is 0 Å². The summed E-state index contributed by atoms with van der Waals surface area (Å²) in [7, 11) is -8.08. The molecule has 1 atom stereocenters. The van der Waals surface area contributed by atoms with Crippen LogP contribution in [0.25, 0.3) is 0 Å². The molecule has 2 aromatic rings. The molecule has 3 rings (SSSR count). The van der Waals surface area contributed by atoms with Crippen LogP contribution in [0, 0.1) is 5.92 Å². The first-order valence-corrected chi connectivity index (χ1v) is 15.0. The molecule has 0 radical (unpaired) electrons. The zero-order valence-corrected chi connectivity index (χ0v) is 23.2. The molecule has 0 saturated heterocycles. The molecule has 0 aliphatic carbocycles. The van der Waals surface area contributed by atoms with Crippen LogP contribution in [0.3, 0.4) is 0 Å². The number of aryl methyl sites for hydroxylation is 1. The van der Waals surface area contributed by atoms with E-state index in [1.54, 1.807) is 6.92 Å². The summed E-state index contributed by atoms with van der Waals surface area (Å²) < 4.78 is 95.4. The molecule has 0 aromatic carbocycles. The Bertz CT molecular complexity index is 1440. The van der Waals surface area contributed by atoms with Crippen LogP contribution in [-0.4, -0.2) is 67.5 Å². The number of carbonyl (C=O) groups is 1. The van der Waals surface area contributed by atoms with E-state index in [2.05, 4.69) is 10.1 Å². The molecule has 17 heteroatoms. The SMILES string of the molecule is CCn1cc(S(=O)(=O)N2C[C@@H](CS(=O)(=O)CC)Cc3ncc(N(C(=O)[O-])C(C)(C)C(F)(F)F)cc32)c(Cl)n1. The van der Waals surface area contributed by atoms with Gasteiger partial charge in [0.1, 0.15) is 26.4 Å². The fraction of sp³-hybridized carbons (Fsp3) is 0.571. The third kappa shape index (κ3) is 5.57. The fourth-order valence-electron chi connectivity index (χ4n) is 4.07. The van der Waals surface area contributed by atoms with Gasteiger partial charge < -0.3 is 14.8 Å². The van der Waals surface area contributed by atoms with Crippen LogP contribution >= 0.6 is 11.6 Å². The van der Waals surface area contributed by atoms with Crippen LogP contribution in [0.5, 0.6) is 0 Å². The Labute approximate surface area is 223 Å². The van der Waals surface area contributed by atoms with Crippen molar-refractivity contribution in [1.82, 2.24) is 14.8 Å². The molecule has 1 aliphatic heterocycles. The maximum atomic E-state index is 13.7. The molecule has 0 bridgehead atoms. The number of amides is 1. The maximum Gasteiger partial charge on any atom is 0.411 e. The lowest BCUT2D eigenvalue weighted by atomic mass is 9.98. The Balaban J connectivity index is 2.22. The van der Waals surface area contributed by atoms with Gasteiger partial charge in [-0.05, 0) is 39.2 Å². The Morgan fingerprint density at radius 1 is 1.24 bits per heavy atom. The summed E-state index contributed by atoms with van der Waals surface area (Å²) in [6.07, 6.45) is -5.20. The summed E-state index contributed by atoms with van der Waals surface area (Å²) in [6.45, 7) is 4.29. The van der Waals surface area contributed by atoms with E-state index in [0.29, 0.717) is 13.8 Å².